The van der Waals surface area contributed by atoms with Gasteiger partial charge in [-0.15, -0.1) is 0 Å². The summed E-state index contributed by atoms with van der Waals surface area (Å²) in [6, 6.07) is 18.9. The Bertz CT molecular complexity index is 1010. The van der Waals surface area contributed by atoms with E-state index >= 15 is 0 Å². The van der Waals surface area contributed by atoms with Crippen LogP contribution < -0.4 is 15.4 Å². The molecule has 0 radical (unpaired) electrons. The van der Waals surface area contributed by atoms with Gasteiger partial charge in [-0.2, -0.15) is 0 Å². The Labute approximate surface area is 164 Å². The normalized spacial score (nSPS) is 10.7. The van der Waals surface area contributed by atoms with Gasteiger partial charge >= 0.3 is 0 Å². The Morgan fingerprint density at radius 1 is 0.964 bits per heavy atom. The first-order chi connectivity index (χ1) is 13.4. The van der Waals surface area contributed by atoms with E-state index in [9.17, 15) is 9.59 Å². The van der Waals surface area contributed by atoms with Crippen molar-refractivity contribution in [1.29, 1.82) is 0 Å². The van der Waals surface area contributed by atoms with E-state index in [0.29, 0.717) is 11.3 Å². The number of fused-ring (bicyclic) bond motifs is 1. The lowest BCUT2D eigenvalue weighted by Gasteiger charge is -2.15. The molecule has 3 aromatic carbocycles. The van der Waals surface area contributed by atoms with Crippen molar-refractivity contribution in [1.82, 2.24) is 5.32 Å². The summed E-state index contributed by atoms with van der Waals surface area (Å²) in [7, 11) is 0. The molecule has 5 nitrogen and oxygen atoms in total. The molecule has 0 aromatic heterocycles. The number of hydrogen-bond acceptors (Lipinski definition) is 3. The highest BCUT2D eigenvalue weighted by molar-refractivity contribution is 6.09. The highest BCUT2D eigenvalue weighted by Gasteiger charge is 2.16. The summed E-state index contributed by atoms with van der Waals surface area (Å²) < 4.78 is 5.72. The summed E-state index contributed by atoms with van der Waals surface area (Å²) in [5, 5.41) is 7.58. The van der Waals surface area contributed by atoms with Crippen LogP contribution in [0.5, 0.6) is 5.75 Å². The smallest absolute Gasteiger partial charge is 0.259 e. The maximum atomic E-state index is 13.0. The second kappa shape index (κ2) is 8.57. The van der Waals surface area contributed by atoms with Crippen LogP contribution in [0.1, 0.15) is 29.8 Å². The van der Waals surface area contributed by atoms with Crippen molar-refractivity contribution >= 4 is 28.3 Å². The molecule has 0 aliphatic heterocycles. The van der Waals surface area contributed by atoms with E-state index in [1.807, 2.05) is 69.3 Å². The standard InChI is InChI=1S/C23H24N2O3/c1-15(2)24-22(26)14-28-21-13-18-10-6-5-9-17(18)12-19(21)23(27)25-20-11-7-4-8-16(20)3/h4-13,15H,14H2,1-3H3,(H,24,26)(H,25,27). The maximum Gasteiger partial charge on any atom is 0.259 e. The molecule has 0 saturated heterocycles. The molecule has 0 spiro atoms. The molecule has 3 rings (SSSR count). The number of hydrogen-bond donors (Lipinski definition) is 2. The number of para-hydroxylation sites is 1. The Balaban J connectivity index is 1.91. The van der Waals surface area contributed by atoms with Gasteiger partial charge in [0.25, 0.3) is 11.8 Å². The average molecular weight is 376 g/mol. The number of rotatable bonds is 6. The number of carbonyl (C=O) groups excluding carboxylic acids is 2. The summed E-state index contributed by atoms with van der Waals surface area (Å²) in [4.78, 5) is 24.9. The lowest BCUT2D eigenvalue weighted by atomic mass is 10.0. The number of amides is 2. The van der Waals surface area contributed by atoms with Crippen molar-refractivity contribution in [3.8, 4) is 5.75 Å². The molecule has 0 fully saturated rings. The van der Waals surface area contributed by atoms with Crippen molar-refractivity contribution in [2.75, 3.05) is 11.9 Å². The summed E-state index contributed by atoms with van der Waals surface area (Å²) in [6.45, 7) is 5.55. The zero-order valence-corrected chi connectivity index (χ0v) is 16.3. The average Bonchev–Trinajstić information content (AvgIpc) is 2.67. The number of anilines is 1. The Kier molecular flexibility index (Phi) is 5.94. The Morgan fingerprint density at radius 3 is 2.29 bits per heavy atom. The first-order valence-electron chi connectivity index (χ1n) is 9.26. The van der Waals surface area contributed by atoms with Gasteiger partial charge in [-0.3, -0.25) is 9.59 Å². The number of ether oxygens (including phenoxy) is 1. The Hall–Kier alpha value is -3.34. The number of carbonyl (C=O) groups is 2. The maximum absolute atomic E-state index is 13.0. The lowest BCUT2D eigenvalue weighted by molar-refractivity contribution is -0.123. The van der Waals surface area contributed by atoms with Crippen molar-refractivity contribution in [3.63, 3.8) is 0 Å². The summed E-state index contributed by atoms with van der Waals surface area (Å²) >= 11 is 0. The fourth-order valence-corrected chi connectivity index (χ4v) is 2.93. The van der Waals surface area contributed by atoms with E-state index in [1.165, 1.54) is 0 Å². The topological polar surface area (TPSA) is 67.4 Å². The van der Waals surface area contributed by atoms with Crippen LogP contribution in [0.3, 0.4) is 0 Å². The molecule has 144 valence electrons. The van der Waals surface area contributed by atoms with Gasteiger partial charge in [-0.05, 0) is 55.3 Å². The Morgan fingerprint density at radius 2 is 1.61 bits per heavy atom. The lowest BCUT2D eigenvalue weighted by Crippen LogP contribution is -2.34. The van der Waals surface area contributed by atoms with Crippen molar-refractivity contribution in [3.05, 3.63) is 71.8 Å². The molecule has 0 bridgehead atoms. The van der Waals surface area contributed by atoms with Gasteiger partial charge in [0.1, 0.15) is 5.75 Å². The third-order valence-electron chi connectivity index (χ3n) is 4.29. The monoisotopic (exact) mass is 376 g/mol. The SMILES string of the molecule is Cc1ccccc1NC(=O)c1cc2ccccc2cc1OCC(=O)NC(C)C. The van der Waals surface area contributed by atoms with Crippen molar-refractivity contribution in [2.24, 2.45) is 0 Å². The van der Waals surface area contributed by atoms with Crippen molar-refractivity contribution < 1.29 is 14.3 Å². The molecule has 2 amide bonds. The quantitative estimate of drug-likeness (QED) is 0.674. The van der Waals surface area contributed by atoms with Crippen LogP contribution in [0.15, 0.2) is 60.7 Å². The van der Waals surface area contributed by atoms with Crippen LogP contribution in [0.4, 0.5) is 5.69 Å². The zero-order chi connectivity index (χ0) is 20.1. The van der Waals surface area contributed by atoms with Crippen LogP contribution in [-0.4, -0.2) is 24.5 Å². The van der Waals surface area contributed by atoms with E-state index in [2.05, 4.69) is 10.6 Å². The van der Waals surface area contributed by atoms with Gasteiger partial charge in [-0.1, -0.05) is 42.5 Å². The third kappa shape index (κ3) is 4.68. The molecular weight excluding hydrogens is 352 g/mol. The number of aryl methyl sites for hydroxylation is 1. The van der Waals surface area contributed by atoms with E-state index < -0.39 is 0 Å². The van der Waals surface area contributed by atoms with E-state index in [4.69, 9.17) is 4.74 Å². The number of benzene rings is 3. The molecule has 0 saturated carbocycles. The minimum Gasteiger partial charge on any atom is -0.483 e. The van der Waals surface area contributed by atoms with Crippen LogP contribution >= 0.6 is 0 Å². The molecule has 5 heteroatoms. The minimum atomic E-state index is -0.278. The molecule has 3 aromatic rings. The van der Waals surface area contributed by atoms with Crippen LogP contribution in [0, 0.1) is 6.92 Å². The third-order valence-corrected chi connectivity index (χ3v) is 4.29. The van der Waals surface area contributed by atoms with Gasteiger partial charge in [0.05, 0.1) is 5.56 Å². The fraction of sp³-hybridized carbons (Fsp3) is 0.217. The highest BCUT2D eigenvalue weighted by atomic mass is 16.5. The van der Waals surface area contributed by atoms with Gasteiger partial charge in [0.2, 0.25) is 0 Å². The first-order valence-corrected chi connectivity index (χ1v) is 9.26. The minimum absolute atomic E-state index is 0.0246. The second-order valence-corrected chi connectivity index (χ2v) is 6.98. The molecule has 0 aliphatic carbocycles. The van der Waals surface area contributed by atoms with Gasteiger partial charge in [0.15, 0.2) is 6.61 Å². The van der Waals surface area contributed by atoms with Crippen LogP contribution in [0.2, 0.25) is 0 Å². The summed E-state index contributed by atoms with van der Waals surface area (Å²) in [6.07, 6.45) is 0. The van der Waals surface area contributed by atoms with E-state index in [-0.39, 0.29) is 24.5 Å². The summed E-state index contributed by atoms with van der Waals surface area (Å²) in [5.74, 6) is -0.128. The highest BCUT2D eigenvalue weighted by Crippen LogP contribution is 2.27. The molecule has 28 heavy (non-hydrogen) atoms. The molecular formula is C23H24N2O3. The van der Waals surface area contributed by atoms with Crippen LogP contribution in [0.25, 0.3) is 10.8 Å². The first kappa shape index (κ1) is 19.4. The fourth-order valence-electron chi connectivity index (χ4n) is 2.93. The number of nitrogens with one attached hydrogen (secondary N) is 2. The van der Waals surface area contributed by atoms with E-state index in [1.54, 1.807) is 12.1 Å². The van der Waals surface area contributed by atoms with Crippen molar-refractivity contribution in [2.45, 2.75) is 26.8 Å². The predicted octanol–water partition coefficient (Wildman–Crippen LogP) is 4.30. The summed E-state index contributed by atoms with van der Waals surface area (Å²) in [5.41, 5.74) is 2.10. The molecule has 0 atom stereocenters. The second-order valence-electron chi connectivity index (χ2n) is 6.98. The van der Waals surface area contributed by atoms with Crippen LogP contribution in [-0.2, 0) is 4.79 Å². The zero-order valence-electron chi connectivity index (χ0n) is 16.3. The molecule has 0 heterocycles. The van der Waals surface area contributed by atoms with Gasteiger partial charge < -0.3 is 15.4 Å². The van der Waals surface area contributed by atoms with E-state index in [0.717, 1.165) is 22.0 Å². The molecule has 2 N–H and O–H groups in total. The largest absolute Gasteiger partial charge is 0.483 e. The molecule has 0 aliphatic rings. The van der Waals surface area contributed by atoms with Gasteiger partial charge in [0, 0.05) is 11.7 Å². The predicted molar refractivity (Wildman–Crippen MR) is 112 cm³/mol. The van der Waals surface area contributed by atoms with Gasteiger partial charge in [-0.25, -0.2) is 0 Å². The molecule has 0 unspecified atom stereocenters.